The maximum absolute atomic E-state index is 13.1. The molecule has 4 rings (SSSR count). The van der Waals surface area contributed by atoms with Gasteiger partial charge in [-0.05, 0) is 48.4 Å². The first-order chi connectivity index (χ1) is 13.4. The van der Waals surface area contributed by atoms with Gasteiger partial charge < -0.3 is 4.98 Å². The van der Waals surface area contributed by atoms with E-state index in [4.69, 9.17) is 11.6 Å². The SMILES string of the molecule is Cc1ccc(S(=O)(=O)N[C@H](c2cccc(Cl)c2)c2c[nH]c3ccccc23)cc1. The van der Waals surface area contributed by atoms with Gasteiger partial charge in [-0.1, -0.05) is 59.6 Å². The molecule has 1 atom stereocenters. The van der Waals surface area contributed by atoms with Crippen molar-refractivity contribution in [3.63, 3.8) is 0 Å². The average Bonchev–Trinajstić information content (AvgIpc) is 3.10. The molecule has 0 saturated heterocycles. The van der Waals surface area contributed by atoms with Crippen molar-refractivity contribution in [3.8, 4) is 0 Å². The van der Waals surface area contributed by atoms with Gasteiger partial charge in [0.25, 0.3) is 0 Å². The van der Waals surface area contributed by atoms with Crippen molar-refractivity contribution >= 4 is 32.5 Å². The van der Waals surface area contributed by atoms with Crippen molar-refractivity contribution < 1.29 is 8.42 Å². The van der Waals surface area contributed by atoms with Crippen molar-refractivity contribution in [3.05, 3.63) is 101 Å². The molecule has 0 saturated carbocycles. The van der Waals surface area contributed by atoms with E-state index in [9.17, 15) is 8.42 Å². The second kappa shape index (κ2) is 7.43. The van der Waals surface area contributed by atoms with Gasteiger partial charge in [0, 0.05) is 22.1 Å². The molecule has 0 spiro atoms. The predicted octanol–water partition coefficient (Wildman–Crippen LogP) is 5.20. The summed E-state index contributed by atoms with van der Waals surface area (Å²) in [4.78, 5) is 3.45. The van der Waals surface area contributed by atoms with Crippen LogP contribution in [0, 0.1) is 6.92 Å². The van der Waals surface area contributed by atoms with E-state index >= 15 is 0 Å². The maximum atomic E-state index is 13.1. The number of aryl methyl sites for hydroxylation is 1. The van der Waals surface area contributed by atoms with Crippen molar-refractivity contribution in [1.29, 1.82) is 0 Å². The Balaban J connectivity index is 1.83. The Labute approximate surface area is 169 Å². The molecule has 4 nitrogen and oxygen atoms in total. The van der Waals surface area contributed by atoms with Crippen LogP contribution in [0.4, 0.5) is 0 Å². The van der Waals surface area contributed by atoms with Crippen LogP contribution in [0.1, 0.15) is 22.7 Å². The number of hydrogen-bond donors (Lipinski definition) is 2. The number of benzene rings is 3. The maximum Gasteiger partial charge on any atom is 0.241 e. The summed E-state index contributed by atoms with van der Waals surface area (Å²) in [6.07, 6.45) is 1.84. The average molecular weight is 411 g/mol. The lowest BCUT2D eigenvalue weighted by Gasteiger charge is -2.20. The van der Waals surface area contributed by atoms with E-state index in [0.717, 1.165) is 27.6 Å². The topological polar surface area (TPSA) is 62.0 Å². The number of fused-ring (bicyclic) bond motifs is 1. The molecule has 0 aliphatic carbocycles. The first-order valence-electron chi connectivity index (χ1n) is 8.84. The van der Waals surface area contributed by atoms with Gasteiger partial charge in [0.15, 0.2) is 0 Å². The summed E-state index contributed by atoms with van der Waals surface area (Å²) in [6, 6.07) is 21.3. The molecule has 1 aromatic heterocycles. The highest BCUT2D eigenvalue weighted by Gasteiger charge is 2.25. The summed E-state index contributed by atoms with van der Waals surface area (Å²) >= 11 is 6.19. The zero-order chi connectivity index (χ0) is 19.7. The third-order valence-electron chi connectivity index (χ3n) is 4.72. The molecule has 0 amide bonds. The standard InChI is InChI=1S/C22H19ClN2O2S/c1-15-9-11-18(12-10-15)28(26,27)25-22(16-5-4-6-17(23)13-16)20-14-24-21-8-3-2-7-19(20)21/h2-14,22,24-25H,1H3/t22-/m1/s1. The molecule has 0 unspecified atom stereocenters. The molecule has 142 valence electrons. The van der Waals surface area contributed by atoms with Crippen molar-refractivity contribution in [2.45, 2.75) is 17.9 Å². The molecule has 0 aliphatic rings. The highest BCUT2D eigenvalue weighted by atomic mass is 35.5. The van der Waals surface area contributed by atoms with E-state index < -0.39 is 16.1 Å². The van der Waals surface area contributed by atoms with Gasteiger partial charge >= 0.3 is 0 Å². The molecule has 0 fully saturated rings. The first kappa shape index (κ1) is 18.7. The fraction of sp³-hybridized carbons (Fsp3) is 0.0909. The van der Waals surface area contributed by atoms with Gasteiger partial charge in [-0.25, -0.2) is 8.42 Å². The van der Waals surface area contributed by atoms with Crippen LogP contribution in [0.3, 0.4) is 0 Å². The Bertz CT molecular complexity index is 1230. The van der Waals surface area contributed by atoms with E-state index in [2.05, 4.69) is 9.71 Å². The summed E-state index contributed by atoms with van der Waals surface area (Å²) in [7, 11) is -3.74. The van der Waals surface area contributed by atoms with Gasteiger partial charge in [-0.15, -0.1) is 0 Å². The lowest BCUT2D eigenvalue weighted by atomic mass is 9.99. The van der Waals surface area contributed by atoms with Gasteiger partial charge in [-0.2, -0.15) is 4.72 Å². The van der Waals surface area contributed by atoms with Gasteiger partial charge in [0.05, 0.1) is 10.9 Å². The quantitative estimate of drug-likeness (QED) is 0.475. The third kappa shape index (κ3) is 3.69. The zero-order valence-electron chi connectivity index (χ0n) is 15.2. The van der Waals surface area contributed by atoms with Crippen LogP contribution < -0.4 is 4.72 Å². The number of sulfonamides is 1. The van der Waals surface area contributed by atoms with Crippen LogP contribution in [0.25, 0.3) is 10.9 Å². The predicted molar refractivity (Wildman–Crippen MR) is 113 cm³/mol. The van der Waals surface area contributed by atoms with Crippen LogP contribution in [0.2, 0.25) is 5.02 Å². The first-order valence-corrected chi connectivity index (χ1v) is 10.7. The molecule has 3 aromatic carbocycles. The van der Waals surface area contributed by atoms with Gasteiger partial charge in [0.1, 0.15) is 0 Å². The number of rotatable bonds is 5. The summed E-state index contributed by atoms with van der Waals surface area (Å²) in [5.41, 5.74) is 3.56. The summed E-state index contributed by atoms with van der Waals surface area (Å²) in [5.74, 6) is 0. The van der Waals surface area contributed by atoms with E-state index in [1.165, 1.54) is 0 Å². The fourth-order valence-electron chi connectivity index (χ4n) is 3.27. The summed E-state index contributed by atoms with van der Waals surface area (Å²) in [6.45, 7) is 1.92. The Hall–Kier alpha value is -2.60. The number of aromatic amines is 1. The highest BCUT2D eigenvalue weighted by molar-refractivity contribution is 7.89. The minimum atomic E-state index is -3.74. The lowest BCUT2D eigenvalue weighted by molar-refractivity contribution is 0.572. The minimum Gasteiger partial charge on any atom is -0.361 e. The zero-order valence-corrected chi connectivity index (χ0v) is 16.8. The smallest absolute Gasteiger partial charge is 0.241 e. The minimum absolute atomic E-state index is 0.227. The number of halogens is 1. The van der Waals surface area contributed by atoms with Crippen LogP contribution >= 0.6 is 11.6 Å². The van der Waals surface area contributed by atoms with E-state index in [-0.39, 0.29) is 4.90 Å². The second-order valence-electron chi connectivity index (χ2n) is 6.71. The normalized spacial score (nSPS) is 12.9. The van der Waals surface area contributed by atoms with Gasteiger partial charge in [-0.3, -0.25) is 0 Å². The van der Waals surface area contributed by atoms with E-state index in [0.29, 0.717) is 5.02 Å². The number of para-hydroxylation sites is 1. The number of nitrogens with one attached hydrogen (secondary N) is 2. The van der Waals surface area contributed by atoms with Crippen LogP contribution in [-0.2, 0) is 10.0 Å². The Kier molecular flexibility index (Phi) is 4.98. The van der Waals surface area contributed by atoms with Crippen LogP contribution in [0.15, 0.2) is 83.9 Å². The number of aromatic nitrogens is 1. The van der Waals surface area contributed by atoms with Crippen molar-refractivity contribution in [2.75, 3.05) is 0 Å². The van der Waals surface area contributed by atoms with Gasteiger partial charge in [0.2, 0.25) is 10.0 Å². The second-order valence-corrected chi connectivity index (χ2v) is 8.86. The van der Waals surface area contributed by atoms with Crippen LogP contribution in [0.5, 0.6) is 0 Å². The molecule has 0 aliphatic heterocycles. The van der Waals surface area contributed by atoms with Crippen LogP contribution in [-0.4, -0.2) is 13.4 Å². The third-order valence-corrected chi connectivity index (χ3v) is 6.39. The molecule has 28 heavy (non-hydrogen) atoms. The largest absolute Gasteiger partial charge is 0.361 e. The molecular weight excluding hydrogens is 392 g/mol. The summed E-state index contributed by atoms with van der Waals surface area (Å²) < 4.78 is 29.0. The Morgan fingerprint density at radius 1 is 0.964 bits per heavy atom. The Morgan fingerprint density at radius 3 is 2.46 bits per heavy atom. The molecule has 6 heteroatoms. The molecule has 2 N–H and O–H groups in total. The molecule has 0 radical (unpaired) electrons. The van der Waals surface area contributed by atoms with Crippen molar-refractivity contribution in [2.24, 2.45) is 0 Å². The van der Waals surface area contributed by atoms with E-state index in [1.54, 1.807) is 36.4 Å². The monoisotopic (exact) mass is 410 g/mol. The molecule has 1 heterocycles. The Morgan fingerprint density at radius 2 is 1.71 bits per heavy atom. The van der Waals surface area contributed by atoms with Crippen molar-refractivity contribution in [1.82, 2.24) is 9.71 Å². The fourth-order valence-corrected chi connectivity index (χ4v) is 4.67. The molecule has 4 aromatic rings. The lowest BCUT2D eigenvalue weighted by Crippen LogP contribution is -2.29. The molecule has 0 bridgehead atoms. The van der Waals surface area contributed by atoms with E-state index in [1.807, 2.05) is 49.5 Å². The summed E-state index contributed by atoms with van der Waals surface area (Å²) in [5, 5.41) is 1.51. The number of hydrogen-bond acceptors (Lipinski definition) is 2. The highest BCUT2D eigenvalue weighted by Crippen LogP contribution is 2.31. The number of H-pyrrole nitrogens is 1. The molecular formula is C22H19ClN2O2S.